The van der Waals surface area contributed by atoms with Crippen LogP contribution in [0.5, 0.6) is 0 Å². The van der Waals surface area contributed by atoms with Crippen molar-refractivity contribution in [3.63, 3.8) is 0 Å². The molecule has 2 heterocycles. The molecule has 0 unspecified atom stereocenters. The molecule has 2 aromatic heterocycles. The van der Waals surface area contributed by atoms with Crippen LogP contribution >= 0.6 is 11.8 Å². The number of carbonyl (C=O) groups is 1. The van der Waals surface area contributed by atoms with E-state index >= 15 is 0 Å². The van der Waals surface area contributed by atoms with Crippen molar-refractivity contribution in [1.29, 1.82) is 0 Å². The summed E-state index contributed by atoms with van der Waals surface area (Å²) in [6.07, 6.45) is 7.32. The van der Waals surface area contributed by atoms with Crippen LogP contribution in [0, 0.1) is 0 Å². The molecule has 9 heteroatoms. The first-order chi connectivity index (χ1) is 9.66. The first-order valence-corrected chi connectivity index (χ1v) is 7.14. The second kappa shape index (κ2) is 6.94. The third-order valence-electron chi connectivity index (χ3n) is 2.68. The van der Waals surface area contributed by atoms with Crippen LogP contribution in [0.25, 0.3) is 0 Å². The smallest absolute Gasteiger partial charge is 0.313 e. The number of imidazole rings is 1. The van der Waals surface area contributed by atoms with Gasteiger partial charge >= 0.3 is 5.97 Å². The normalized spacial score (nSPS) is 10.8. The third kappa shape index (κ3) is 3.98. The predicted molar refractivity (Wildman–Crippen MR) is 74.3 cm³/mol. The number of anilines is 1. The lowest BCUT2D eigenvalue weighted by molar-refractivity contribution is -0.133. The van der Waals surface area contributed by atoms with Gasteiger partial charge in [0, 0.05) is 25.5 Å². The monoisotopic (exact) mass is 296 g/mol. The molecule has 108 valence electrons. The predicted octanol–water partition coefficient (Wildman–Crippen LogP) is 0.714. The fourth-order valence-corrected chi connectivity index (χ4v) is 2.42. The average molecular weight is 296 g/mol. The van der Waals surface area contributed by atoms with Gasteiger partial charge in [-0.2, -0.15) is 0 Å². The summed E-state index contributed by atoms with van der Waals surface area (Å²) in [7, 11) is 0. The van der Waals surface area contributed by atoms with E-state index in [0.29, 0.717) is 17.6 Å². The van der Waals surface area contributed by atoms with E-state index in [0.717, 1.165) is 31.1 Å². The summed E-state index contributed by atoms with van der Waals surface area (Å²) in [6.45, 7) is 1.56. The lowest BCUT2D eigenvalue weighted by atomic mass is 10.3. The van der Waals surface area contributed by atoms with Gasteiger partial charge in [-0.25, -0.2) is 4.98 Å². The molecular formula is C11H16N6O2S. The number of nitrogens with zero attached hydrogens (tertiary/aromatic N) is 5. The molecular weight excluding hydrogens is 280 g/mol. The van der Waals surface area contributed by atoms with E-state index in [2.05, 4.69) is 15.2 Å². The van der Waals surface area contributed by atoms with Crippen LogP contribution in [0.15, 0.2) is 23.9 Å². The fraction of sp³-hybridized carbons (Fsp3) is 0.455. The standard InChI is InChI=1S/C11H16N6O2S/c12-10-14-15-11(20-7-9(18)19)17(10)5-2-1-4-16-6-3-13-8-16/h3,6,8H,1-2,4-5,7H2,(H2,12,14)(H,18,19). The van der Waals surface area contributed by atoms with Crippen LogP contribution in [-0.4, -0.2) is 41.1 Å². The minimum absolute atomic E-state index is 0.0484. The topological polar surface area (TPSA) is 112 Å². The lowest BCUT2D eigenvalue weighted by Gasteiger charge is -2.07. The first-order valence-electron chi connectivity index (χ1n) is 6.16. The van der Waals surface area contributed by atoms with Gasteiger partial charge in [0.2, 0.25) is 5.95 Å². The quantitative estimate of drug-likeness (QED) is 0.545. The SMILES string of the molecule is Nc1nnc(SCC(=O)O)n1CCCCn1ccnc1. The number of carboxylic acids is 1. The van der Waals surface area contributed by atoms with Gasteiger partial charge in [0.15, 0.2) is 5.16 Å². The highest BCUT2D eigenvalue weighted by molar-refractivity contribution is 7.99. The molecule has 0 aliphatic heterocycles. The molecule has 0 saturated heterocycles. The molecule has 2 aromatic rings. The minimum atomic E-state index is -0.886. The average Bonchev–Trinajstić information content (AvgIpc) is 3.03. The van der Waals surface area contributed by atoms with E-state index in [1.165, 1.54) is 0 Å². The Morgan fingerprint density at radius 3 is 2.85 bits per heavy atom. The lowest BCUT2D eigenvalue weighted by Crippen LogP contribution is -2.07. The molecule has 0 fully saturated rings. The molecule has 0 atom stereocenters. The van der Waals surface area contributed by atoms with Gasteiger partial charge in [0.25, 0.3) is 0 Å². The van der Waals surface area contributed by atoms with Crippen LogP contribution in [-0.2, 0) is 17.9 Å². The van der Waals surface area contributed by atoms with Crippen LogP contribution < -0.4 is 5.73 Å². The molecule has 2 rings (SSSR count). The number of thioether (sulfide) groups is 1. The molecule has 0 aromatic carbocycles. The summed E-state index contributed by atoms with van der Waals surface area (Å²) in [5.41, 5.74) is 5.74. The number of rotatable bonds is 8. The Morgan fingerprint density at radius 1 is 1.35 bits per heavy atom. The largest absolute Gasteiger partial charge is 0.481 e. The summed E-state index contributed by atoms with van der Waals surface area (Å²) in [5, 5.41) is 16.9. The number of nitrogen functional groups attached to an aromatic ring is 1. The highest BCUT2D eigenvalue weighted by Crippen LogP contribution is 2.18. The highest BCUT2D eigenvalue weighted by Gasteiger charge is 2.11. The van der Waals surface area contributed by atoms with E-state index in [9.17, 15) is 4.79 Å². The zero-order valence-electron chi connectivity index (χ0n) is 10.8. The Bertz CT molecular complexity index is 553. The van der Waals surface area contributed by atoms with Crippen molar-refractivity contribution in [2.45, 2.75) is 31.1 Å². The number of aromatic nitrogens is 5. The van der Waals surface area contributed by atoms with Crippen LogP contribution in [0.4, 0.5) is 5.95 Å². The maximum Gasteiger partial charge on any atom is 0.313 e. The molecule has 0 spiro atoms. The Hall–Kier alpha value is -2.03. The van der Waals surface area contributed by atoms with E-state index in [1.807, 2.05) is 10.8 Å². The summed E-state index contributed by atoms with van der Waals surface area (Å²) >= 11 is 1.13. The van der Waals surface area contributed by atoms with Crippen LogP contribution in [0.2, 0.25) is 0 Å². The molecule has 20 heavy (non-hydrogen) atoms. The molecule has 0 saturated carbocycles. The molecule has 0 aliphatic carbocycles. The van der Waals surface area contributed by atoms with Gasteiger partial charge in [-0.1, -0.05) is 11.8 Å². The minimum Gasteiger partial charge on any atom is -0.481 e. The van der Waals surface area contributed by atoms with Crippen molar-refractivity contribution in [2.75, 3.05) is 11.5 Å². The summed E-state index contributed by atoms with van der Waals surface area (Å²) in [4.78, 5) is 14.5. The Labute approximate surface area is 120 Å². The number of aryl methyl sites for hydroxylation is 1. The van der Waals surface area contributed by atoms with Gasteiger partial charge < -0.3 is 15.4 Å². The van der Waals surface area contributed by atoms with E-state index in [4.69, 9.17) is 10.8 Å². The third-order valence-corrected chi connectivity index (χ3v) is 3.63. The van der Waals surface area contributed by atoms with Crippen molar-refractivity contribution >= 4 is 23.7 Å². The molecule has 0 aliphatic rings. The molecule has 3 N–H and O–H groups in total. The van der Waals surface area contributed by atoms with Gasteiger partial charge in [0.1, 0.15) is 0 Å². The van der Waals surface area contributed by atoms with E-state index in [-0.39, 0.29) is 5.75 Å². The number of hydrogen-bond acceptors (Lipinski definition) is 6. The molecule has 0 bridgehead atoms. The Kier molecular flexibility index (Phi) is 4.99. The second-order valence-corrected chi connectivity index (χ2v) is 5.12. The van der Waals surface area contributed by atoms with Crippen molar-refractivity contribution in [3.05, 3.63) is 18.7 Å². The van der Waals surface area contributed by atoms with Crippen molar-refractivity contribution in [1.82, 2.24) is 24.3 Å². The number of aliphatic carboxylic acids is 1. The van der Waals surface area contributed by atoms with Gasteiger partial charge in [-0.15, -0.1) is 10.2 Å². The van der Waals surface area contributed by atoms with Crippen molar-refractivity contribution in [2.24, 2.45) is 0 Å². The molecule has 0 radical (unpaired) electrons. The number of carboxylic acid groups (broad SMARTS) is 1. The van der Waals surface area contributed by atoms with Crippen LogP contribution in [0.3, 0.4) is 0 Å². The Morgan fingerprint density at radius 2 is 2.15 bits per heavy atom. The second-order valence-electron chi connectivity index (χ2n) is 4.18. The zero-order valence-corrected chi connectivity index (χ0v) is 11.7. The summed E-state index contributed by atoms with van der Waals surface area (Å²) in [6, 6.07) is 0. The van der Waals surface area contributed by atoms with Gasteiger partial charge in [0.05, 0.1) is 12.1 Å². The molecule has 0 amide bonds. The van der Waals surface area contributed by atoms with E-state index < -0.39 is 5.97 Å². The highest BCUT2D eigenvalue weighted by atomic mass is 32.2. The molecule has 8 nitrogen and oxygen atoms in total. The van der Waals surface area contributed by atoms with Crippen molar-refractivity contribution < 1.29 is 9.90 Å². The maximum atomic E-state index is 10.6. The number of unbranched alkanes of at least 4 members (excludes halogenated alkanes) is 1. The zero-order chi connectivity index (χ0) is 14.4. The van der Waals surface area contributed by atoms with E-state index in [1.54, 1.807) is 17.1 Å². The van der Waals surface area contributed by atoms with Gasteiger partial charge in [-0.05, 0) is 12.8 Å². The van der Waals surface area contributed by atoms with Crippen LogP contribution in [0.1, 0.15) is 12.8 Å². The number of nitrogens with two attached hydrogens (primary N) is 1. The van der Waals surface area contributed by atoms with Crippen molar-refractivity contribution in [3.8, 4) is 0 Å². The fourth-order valence-electron chi connectivity index (χ4n) is 1.73. The number of hydrogen-bond donors (Lipinski definition) is 2. The first kappa shape index (κ1) is 14.4. The Balaban J connectivity index is 1.82. The van der Waals surface area contributed by atoms with Gasteiger partial charge in [-0.3, -0.25) is 9.36 Å². The maximum absolute atomic E-state index is 10.6. The summed E-state index contributed by atoms with van der Waals surface area (Å²) < 4.78 is 3.76. The summed E-state index contributed by atoms with van der Waals surface area (Å²) in [5.74, 6) is -0.614.